The number of aromatic amines is 1. The van der Waals surface area contributed by atoms with Gasteiger partial charge in [0.25, 0.3) is 0 Å². The molecule has 0 bridgehead atoms. The van der Waals surface area contributed by atoms with Gasteiger partial charge in [0, 0.05) is 11.3 Å². The van der Waals surface area contributed by atoms with E-state index < -0.39 is 0 Å². The van der Waals surface area contributed by atoms with E-state index in [1.807, 2.05) is 0 Å². The number of benzene rings is 1. The molecular formula is C12H13N5O2. The summed E-state index contributed by atoms with van der Waals surface area (Å²) < 4.78 is 0. The van der Waals surface area contributed by atoms with Crippen molar-refractivity contribution < 1.29 is 9.59 Å². The molecule has 0 saturated carbocycles. The van der Waals surface area contributed by atoms with E-state index in [-0.39, 0.29) is 18.4 Å². The van der Waals surface area contributed by atoms with Gasteiger partial charge in [-0.05, 0) is 19.1 Å². The number of nitrogens with one attached hydrogen (secondary N) is 3. The third-order valence-electron chi connectivity index (χ3n) is 2.42. The molecule has 1 heterocycles. The molecule has 1 aromatic heterocycles. The molecule has 0 unspecified atom stereocenters. The number of carbonyl (C=O) groups is 2. The van der Waals surface area contributed by atoms with Crippen LogP contribution in [0.15, 0.2) is 30.5 Å². The van der Waals surface area contributed by atoms with Gasteiger partial charge in [-0.1, -0.05) is 12.1 Å². The molecule has 2 amide bonds. The molecule has 2 aromatic rings. The lowest BCUT2D eigenvalue weighted by atomic mass is 10.1. The lowest BCUT2D eigenvalue weighted by molar-refractivity contribution is 0.101. The first-order chi connectivity index (χ1) is 9.15. The molecule has 3 N–H and O–H groups in total. The minimum Gasteiger partial charge on any atom is -0.332 e. The van der Waals surface area contributed by atoms with Crippen LogP contribution in [0.3, 0.4) is 0 Å². The van der Waals surface area contributed by atoms with Crippen molar-refractivity contribution in [1.82, 2.24) is 20.7 Å². The van der Waals surface area contributed by atoms with Gasteiger partial charge in [-0.15, -0.1) is 0 Å². The number of rotatable bonds is 4. The second-order valence-corrected chi connectivity index (χ2v) is 3.91. The molecule has 0 aliphatic heterocycles. The van der Waals surface area contributed by atoms with Crippen LogP contribution in [0.25, 0.3) is 0 Å². The average molecular weight is 259 g/mol. The standard InChI is InChI=1S/C12H13N5O2/c1-8(18)9-3-2-4-10(5-9)15-12(19)13-6-11-7-14-17-16-11/h2-5,7H,6H2,1H3,(H2,13,15,19)(H,14,16,17). The lowest BCUT2D eigenvalue weighted by Gasteiger charge is -2.07. The molecular weight excluding hydrogens is 246 g/mol. The molecule has 0 radical (unpaired) electrons. The maximum absolute atomic E-state index is 11.6. The minimum absolute atomic E-state index is 0.0494. The molecule has 0 spiro atoms. The molecule has 7 nitrogen and oxygen atoms in total. The van der Waals surface area contributed by atoms with Crippen LogP contribution < -0.4 is 10.6 Å². The summed E-state index contributed by atoms with van der Waals surface area (Å²) in [5.41, 5.74) is 1.74. The van der Waals surface area contributed by atoms with Crippen molar-refractivity contribution in [2.24, 2.45) is 0 Å². The Morgan fingerprint density at radius 2 is 2.21 bits per heavy atom. The number of aromatic nitrogens is 3. The molecule has 0 atom stereocenters. The summed E-state index contributed by atoms with van der Waals surface area (Å²) in [6.07, 6.45) is 1.52. The Hall–Kier alpha value is -2.70. The maximum Gasteiger partial charge on any atom is 0.319 e. The predicted octanol–water partition coefficient (Wildman–Crippen LogP) is 1.33. The summed E-state index contributed by atoms with van der Waals surface area (Å²) in [7, 11) is 0. The van der Waals surface area contributed by atoms with E-state index >= 15 is 0 Å². The van der Waals surface area contributed by atoms with Crippen LogP contribution in [0.1, 0.15) is 23.0 Å². The first-order valence-electron chi connectivity index (χ1n) is 5.65. The summed E-state index contributed by atoms with van der Waals surface area (Å²) in [4.78, 5) is 22.8. The Morgan fingerprint density at radius 3 is 2.89 bits per heavy atom. The van der Waals surface area contributed by atoms with E-state index in [1.165, 1.54) is 13.1 Å². The molecule has 7 heteroatoms. The Labute approximate surface area is 109 Å². The van der Waals surface area contributed by atoms with E-state index in [2.05, 4.69) is 26.0 Å². The summed E-state index contributed by atoms with van der Waals surface area (Å²) in [5.74, 6) is -0.0494. The number of Topliss-reactive ketones (excluding diaryl/α,β-unsaturated/α-hetero) is 1. The first kappa shape index (κ1) is 12.7. The molecule has 1 aromatic carbocycles. The molecule has 19 heavy (non-hydrogen) atoms. The number of urea groups is 1. The van der Waals surface area contributed by atoms with E-state index in [9.17, 15) is 9.59 Å². The van der Waals surface area contributed by atoms with Gasteiger partial charge >= 0.3 is 6.03 Å². The highest BCUT2D eigenvalue weighted by Crippen LogP contribution is 2.10. The summed E-state index contributed by atoms with van der Waals surface area (Å²) in [6, 6.07) is 6.37. The third kappa shape index (κ3) is 3.63. The number of nitrogens with zero attached hydrogens (tertiary/aromatic N) is 2. The highest BCUT2D eigenvalue weighted by molar-refractivity contribution is 5.96. The molecule has 0 saturated heterocycles. The molecule has 98 valence electrons. The Kier molecular flexibility index (Phi) is 3.87. The molecule has 0 aliphatic rings. The van der Waals surface area contributed by atoms with E-state index in [1.54, 1.807) is 24.3 Å². The average Bonchev–Trinajstić information content (AvgIpc) is 2.90. The van der Waals surface area contributed by atoms with Gasteiger partial charge in [0.1, 0.15) is 5.69 Å². The molecule has 0 aliphatic carbocycles. The van der Waals surface area contributed by atoms with Crippen molar-refractivity contribution in [3.8, 4) is 0 Å². The van der Waals surface area contributed by atoms with Crippen molar-refractivity contribution in [1.29, 1.82) is 0 Å². The van der Waals surface area contributed by atoms with Gasteiger partial charge in [0.2, 0.25) is 0 Å². The van der Waals surface area contributed by atoms with Gasteiger partial charge < -0.3 is 10.6 Å². The van der Waals surface area contributed by atoms with Crippen LogP contribution in [0.2, 0.25) is 0 Å². The topological polar surface area (TPSA) is 99.8 Å². The van der Waals surface area contributed by atoms with Crippen LogP contribution in [0, 0.1) is 0 Å². The number of hydrogen-bond donors (Lipinski definition) is 3. The van der Waals surface area contributed by atoms with Crippen LogP contribution in [-0.4, -0.2) is 27.2 Å². The van der Waals surface area contributed by atoms with Gasteiger partial charge in [-0.2, -0.15) is 15.4 Å². The van der Waals surface area contributed by atoms with Crippen molar-refractivity contribution >= 4 is 17.5 Å². The number of ketones is 1. The summed E-state index contributed by atoms with van der Waals surface area (Å²) in [6.45, 7) is 1.75. The lowest BCUT2D eigenvalue weighted by Crippen LogP contribution is -2.28. The zero-order valence-corrected chi connectivity index (χ0v) is 10.3. The van der Waals surface area contributed by atoms with Crippen LogP contribution >= 0.6 is 0 Å². The van der Waals surface area contributed by atoms with Gasteiger partial charge in [0.05, 0.1) is 12.7 Å². The first-order valence-corrected chi connectivity index (χ1v) is 5.65. The van der Waals surface area contributed by atoms with E-state index in [0.717, 1.165) is 0 Å². The molecule has 2 rings (SSSR count). The third-order valence-corrected chi connectivity index (χ3v) is 2.42. The maximum atomic E-state index is 11.6. The normalized spacial score (nSPS) is 9.95. The summed E-state index contributed by atoms with van der Waals surface area (Å²) >= 11 is 0. The van der Waals surface area contributed by atoms with Gasteiger partial charge in [-0.25, -0.2) is 4.79 Å². The Bertz CT molecular complexity index is 580. The minimum atomic E-state index is -0.372. The predicted molar refractivity (Wildman–Crippen MR) is 68.7 cm³/mol. The second kappa shape index (κ2) is 5.76. The monoisotopic (exact) mass is 259 g/mol. The second-order valence-electron chi connectivity index (χ2n) is 3.91. The van der Waals surface area contributed by atoms with Gasteiger partial charge in [0.15, 0.2) is 5.78 Å². The quantitative estimate of drug-likeness (QED) is 0.721. The SMILES string of the molecule is CC(=O)c1cccc(NC(=O)NCc2cn[nH]n2)c1. The summed E-state index contributed by atoms with van der Waals surface area (Å²) in [5, 5.41) is 15.2. The Morgan fingerprint density at radius 1 is 1.37 bits per heavy atom. The number of carbonyl (C=O) groups excluding carboxylic acids is 2. The van der Waals surface area contributed by atoms with Crippen LogP contribution in [0.5, 0.6) is 0 Å². The van der Waals surface area contributed by atoms with E-state index in [0.29, 0.717) is 16.9 Å². The van der Waals surface area contributed by atoms with Crippen LogP contribution in [0.4, 0.5) is 10.5 Å². The number of amides is 2. The largest absolute Gasteiger partial charge is 0.332 e. The fourth-order valence-electron chi connectivity index (χ4n) is 1.47. The number of anilines is 1. The van der Waals surface area contributed by atoms with Gasteiger partial charge in [-0.3, -0.25) is 4.79 Å². The van der Waals surface area contributed by atoms with Crippen molar-refractivity contribution in [2.45, 2.75) is 13.5 Å². The van der Waals surface area contributed by atoms with Crippen molar-refractivity contribution in [2.75, 3.05) is 5.32 Å². The fourth-order valence-corrected chi connectivity index (χ4v) is 1.47. The molecule has 0 fully saturated rings. The number of H-pyrrole nitrogens is 1. The fraction of sp³-hybridized carbons (Fsp3) is 0.167. The van der Waals surface area contributed by atoms with E-state index in [4.69, 9.17) is 0 Å². The Balaban J connectivity index is 1.91. The smallest absolute Gasteiger partial charge is 0.319 e. The van der Waals surface area contributed by atoms with Crippen LogP contribution in [-0.2, 0) is 6.54 Å². The van der Waals surface area contributed by atoms with Crippen molar-refractivity contribution in [3.63, 3.8) is 0 Å². The zero-order chi connectivity index (χ0) is 13.7. The zero-order valence-electron chi connectivity index (χ0n) is 10.3. The highest BCUT2D eigenvalue weighted by Gasteiger charge is 2.05. The highest BCUT2D eigenvalue weighted by atomic mass is 16.2. The van der Waals surface area contributed by atoms with Crippen molar-refractivity contribution in [3.05, 3.63) is 41.7 Å². The number of hydrogen-bond acceptors (Lipinski definition) is 4.